The number of hydrogen-bond donors (Lipinski definition) is 0. The molecule has 528 valence electrons. The van der Waals surface area contributed by atoms with Crippen LogP contribution in [-0.2, 0) is 57.8 Å². The van der Waals surface area contributed by atoms with E-state index in [9.17, 15) is 0 Å². The molecule has 0 amide bonds. The molecule has 0 aromatic heterocycles. The highest BCUT2D eigenvalue weighted by Gasteiger charge is 2.27. The fraction of sp³-hybridized carbons (Fsp3) is 0.215. The van der Waals surface area contributed by atoms with Crippen LogP contribution in [0.1, 0.15) is 158 Å². The summed E-state index contributed by atoms with van der Waals surface area (Å²) in [6.07, 6.45) is 15.1. The molecule has 0 radical (unpaired) electrons. The largest absolute Gasteiger partial charge is 0.0683 e. The van der Waals surface area contributed by atoms with Crippen LogP contribution in [0.3, 0.4) is 0 Å². The molecular formula is C107H100. The summed E-state index contributed by atoms with van der Waals surface area (Å²) in [5, 5.41) is 11.1. The van der Waals surface area contributed by atoms with E-state index in [2.05, 4.69) is 340 Å². The molecule has 0 bridgehead atoms. The lowest BCUT2D eigenvalue weighted by molar-refractivity contribution is 0.871. The number of aryl methyl sites for hydroxylation is 16. The smallest absolute Gasteiger partial charge is 0.00133 e. The Hall–Kier alpha value is -10.9. The predicted octanol–water partition coefficient (Wildman–Crippen LogP) is 28.1. The second-order valence-electron chi connectivity index (χ2n) is 32.4. The van der Waals surface area contributed by atoms with Crippen molar-refractivity contribution in [3.63, 3.8) is 0 Å². The Morgan fingerprint density at radius 3 is 1.01 bits per heavy atom. The standard InChI is InChI=1S/C22H16.C18H18.3C15H14.2C11H12/c1-13-9-11-19-18-8-4-6-16-14(2)10-12-20(22(16)18)17-7-3-5-15(13)21(17)19;1-11-7-13-3-5-15-9-12(2)10-16-6-4-14(8-11)17(13)18(15)16;1-10-3-5-14-12(7-10)9-13-8-11(2)4-6-15(13)14;1-10-3-5-12-9-13-6-4-11(2)8-15(13)14(12)7-10;1-10-5-3-7-12-9-13-8-4-6-11(2)15(13)14(10)12;2*1-8-3-4-10-6-9(2)7-11(10)5-8/h3-12H,1-2H3;7-10H,3-6H2,1-2H3;3*3-8H,9H2,1-2H3;3-5,7H,6H2,1-2H3;3-6H,7H2,1-2H3. The first-order valence-corrected chi connectivity index (χ1v) is 39.1. The monoisotopic (exact) mass is 1380 g/mol. The highest BCUT2D eigenvalue weighted by Crippen LogP contribution is 2.46. The number of benzene rings is 15. The Bertz CT molecular complexity index is 5750. The Morgan fingerprint density at radius 1 is 0.187 bits per heavy atom. The van der Waals surface area contributed by atoms with Gasteiger partial charge >= 0.3 is 0 Å². The normalized spacial score (nSPS) is 13.3. The van der Waals surface area contributed by atoms with E-state index in [1.165, 1.54) is 236 Å². The van der Waals surface area contributed by atoms with Crippen LogP contribution >= 0.6 is 0 Å². The van der Waals surface area contributed by atoms with E-state index < -0.39 is 0 Å². The van der Waals surface area contributed by atoms with Crippen LogP contribution in [0.4, 0.5) is 0 Å². The van der Waals surface area contributed by atoms with Crippen molar-refractivity contribution in [3.05, 3.63) is 386 Å². The Kier molecular flexibility index (Phi) is 19.1. The predicted molar refractivity (Wildman–Crippen MR) is 463 cm³/mol. The molecule has 0 saturated carbocycles. The van der Waals surface area contributed by atoms with Gasteiger partial charge in [0.1, 0.15) is 0 Å². The lowest BCUT2D eigenvalue weighted by Crippen LogP contribution is -2.14. The summed E-state index contributed by atoms with van der Waals surface area (Å²) < 4.78 is 0. The van der Waals surface area contributed by atoms with E-state index in [1.807, 2.05) is 0 Å². The van der Waals surface area contributed by atoms with Gasteiger partial charge in [0.25, 0.3) is 0 Å². The topological polar surface area (TPSA) is 0 Å². The molecule has 0 N–H and O–H groups in total. The molecule has 0 spiro atoms. The second kappa shape index (κ2) is 29.1. The number of hydrogen-bond acceptors (Lipinski definition) is 0. The number of allylic oxidation sites excluding steroid dienone is 2. The zero-order valence-corrected chi connectivity index (χ0v) is 65.5. The second-order valence-corrected chi connectivity index (χ2v) is 32.4. The molecule has 0 fully saturated rings. The van der Waals surface area contributed by atoms with Gasteiger partial charge in [0.05, 0.1) is 0 Å². The summed E-state index contributed by atoms with van der Waals surface area (Å²) in [6.45, 7) is 30.6. The summed E-state index contributed by atoms with van der Waals surface area (Å²) in [5.74, 6) is 0. The lowest BCUT2D eigenvalue weighted by Gasteiger charge is -2.30. The molecule has 0 aliphatic heterocycles. The fourth-order valence-corrected chi connectivity index (χ4v) is 18.7. The third-order valence-electron chi connectivity index (χ3n) is 23.7. The van der Waals surface area contributed by atoms with Crippen molar-refractivity contribution in [1.82, 2.24) is 0 Å². The van der Waals surface area contributed by atoms with Gasteiger partial charge < -0.3 is 0 Å². The first kappa shape index (κ1) is 70.4. The van der Waals surface area contributed by atoms with Crippen molar-refractivity contribution >= 4 is 55.2 Å². The van der Waals surface area contributed by atoms with Gasteiger partial charge in [-0.1, -0.05) is 298 Å². The maximum Gasteiger partial charge on any atom is -0.00133 e. The maximum atomic E-state index is 2.40. The van der Waals surface area contributed by atoms with E-state index >= 15 is 0 Å². The average molecular weight is 1390 g/mol. The first-order valence-electron chi connectivity index (χ1n) is 39.1. The van der Waals surface area contributed by atoms with Gasteiger partial charge in [-0.05, 0) is 342 Å². The molecule has 7 aliphatic carbocycles. The third kappa shape index (κ3) is 13.9. The molecule has 22 rings (SSSR count). The molecular weight excluding hydrogens is 1290 g/mol. The van der Waals surface area contributed by atoms with Crippen molar-refractivity contribution in [1.29, 1.82) is 0 Å². The molecule has 15 aromatic rings. The summed E-state index contributed by atoms with van der Waals surface area (Å²) in [5.41, 5.74) is 52.3. The summed E-state index contributed by atoms with van der Waals surface area (Å²) >= 11 is 0. The van der Waals surface area contributed by atoms with Crippen molar-refractivity contribution in [2.24, 2.45) is 0 Å². The molecule has 0 saturated heterocycles. The minimum atomic E-state index is 1.10. The SMILES string of the molecule is CC1=Cc2cc(C)ccc2C1.CC1=Cc2ccc(C)cc2C1.Cc1cc2c3c(c1)CCc1cc(C)cc(c1-3)CC2.Cc1ccc2c(c1)-c1cc(C)ccc1C2.Cc1ccc2c(c1)Cc1cc(C)ccc1-2.Cc1ccc2c3cccc4c(C)ccc(c5cccc1c52)c43.Cc1cccc2c1-c1c(C)cccc1C2. The highest BCUT2D eigenvalue weighted by molar-refractivity contribution is 6.33. The van der Waals surface area contributed by atoms with Gasteiger partial charge in [-0.15, -0.1) is 0 Å². The van der Waals surface area contributed by atoms with Gasteiger partial charge in [0.15, 0.2) is 0 Å². The molecule has 107 heavy (non-hydrogen) atoms. The highest BCUT2D eigenvalue weighted by atomic mass is 14.3. The lowest BCUT2D eigenvalue weighted by atomic mass is 9.74. The van der Waals surface area contributed by atoms with Crippen LogP contribution in [-0.4, -0.2) is 0 Å². The van der Waals surface area contributed by atoms with E-state index in [-0.39, 0.29) is 0 Å². The van der Waals surface area contributed by atoms with Crippen molar-refractivity contribution < 1.29 is 0 Å². The minimum absolute atomic E-state index is 1.10. The quantitative estimate of drug-likeness (QED) is 0.105. The van der Waals surface area contributed by atoms with Crippen LogP contribution in [0.25, 0.3) is 99.7 Å². The molecule has 15 aromatic carbocycles. The van der Waals surface area contributed by atoms with E-state index in [4.69, 9.17) is 0 Å². The molecule has 0 heteroatoms. The van der Waals surface area contributed by atoms with E-state index in [1.54, 1.807) is 33.4 Å². The zero-order chi connectivity index (χ0) is 74.1. The number of fused-ring (bicyclic) bond motifs is 13. The Balaban J connectivity index is 0.0000000966. The van der Waals surface area contributed by atoms with Crippen molar-refractivity contribution in [2.45, 2.75) is 155 Å². The van der Waals surface area contributed by atoms with Gasteiger partial charge in [0.2, 0.25) is 0 Å². The van der Waals surface area contributed by atoms with Gasteiger partial charge in [0, 0.05) is 0 Å². The van der Waals surface area contributed by atoms with Crippen LogP contribution in [0.5, 0.6) is 0 Å². The molecule has 0 unspecified atom stereocenters. The summed E-state index contributed by atoms with van der Waals surface area (Å²) in [4.78, 5) is 0. The minimum Gasteiger partial charge on any atom is -0.0683 e. The summed E-state index contributed by atoms with van der Waals surface area (Å²) in [7, 11) is 0. The molecule has 0 atom stereocenters. The Labute approximate surface area is 636 Å². The van der Waals surface area contributed by atoms with Crippen LogP contribution in [0.15, 0.2) is 242 Å². The van der Waals surface area contributed by atoms with Gasteiger partial charge in [-0.25, -0.2) is 0 Å². The molecule has 0 nitrogen and oxygen atoms in total. The zero-order valence-electron chi connectivity index (χ0n) is 65.5. The summed E-state index contributed by atoms with van der Waals surface area (Å²) in [6, 6.07) is 85.8. The van der Waals surface area contributed by atoms with Gasteiger partial charge in [-0.3, -0.25) is 0 Å². The van der Waals surface area contributed by atoms with Crippen molar-refractivity contribution in [2.75, 3.05) is 0 Å². The van der Waals surface area contributed by atoms with Crippen molar-refractivity contribution in [3.8, 4) is 44.5 Å². The van der Waals surface area contributed by atoms with E-state index in [0.29, 0.717) is 0 Å². The van der Waals surface area contributed by atoms with Crippen LogP contribution < -0.4 is 0 Å². The van der Waals surface area contributed by atoms with Gasteiger partial charge in [-0.2, -0.15) is 0 Å². The van der Waals surface area contributed by atoms with Crippen LogP contribution in [0, 0.1) is 83.1 Å². The average Bonchev–Trinajstić information content (AvgIpc) is 1.64. The fourth-order valence-electron chi connectivity index (χ4n) is 18.7. The maximum absolute atomic E-state index is 2.40. The Morgan fingerprint density at radius 2 is 0.533 bits per heavy atom. The first-order chi connectivity index (χ1) is 51.7. The molecule has 0 heterocycles. The van der Waals surface area contributed by atoms with E-state index in [0.717, 1.165) is 32.1 Å². The van der Waals surface area contributed by atoms with Crippen LogP contribution in [0.2, 0.25) is 0 Å². The number of rotatable bonds is 0. The third-order valence-corrected chi connectivity index (χ3v) is 23.7. The molecule has 7 aliphatic rings.